The number of halogens is 2. The summed E-state index contributed by atoms with van der Waals surface area (Å²) in [5.41, 5.74) is 0.948. The van der Waals surface area contributed by atoms with Crippen LogP contribution in [0.5, 0.6) is 11.5 Å². The van der Waals surface area contributed by atoms with Crippen molar-refractivity contribution in [3.63, 3.8) is 0 Å². The van der Waals surface area contributed by atoms with Crippen LogP contribution in [0.15, 0.2) is 18.2 Å². The first-order valence-corrected chi connectivity index (χ1v) is 5.23. The minimum atomic E-state index is -3.52. The molecule has 1 heterocycles. The van der Waals surface area contributed by atoms with Crippen molar-refractivity contribution in [2.75, 3.05) is 5.75 Å². The quantitative estimate of drug-likeness (QED) is 0.808. The third kappa shape index (κ3) is 2.34. The molecule has 1 aliphatic rings. The summed E-state index contributed by atoms with van der Waals surface area (Å²) in [6.45, 7) is 0. The minimum Gasteiger partial charge on any atom is -0.395 e. The smallest absolute Gasteiger partial charge is 0.395 e. The average molecular weight is 232 g/mol. The van der Waals surface area contributed by atoms with E-state index >= 15 is 0 Å². The highest BCUT2D eigenvalue weighted by Crippen LogP contribution is 2.41. The molecule has 5 heteroatoms. The molecule has 1 aromatic carbocycles. The number of alkyl halides is 2. The minimum absolute atomic E-state index is 0.0922. The van der Waals surface area contributed by atoms with Crippen LogP contribution in [0.25, 0.3) is 0 Å². The summed E-state index contributed by atoms with van der Waals surface area (Å²) in [5, 5.41) is 0. The highest BCUT2D eigenvalue weighted by Gasteiger charge is 2.43. The van der Waals surface area contributed by atoms with Gasteiger partial charge < -0.3 is 9.47 Å². The molecule has 0 N–H and O–H groups in total. The van der Waals surface area contributed by atoms with E-state index < -0.39 is 6.29 Å². The van der Waals surface area contributed by atoms with Crippen molar-refractivity contribution < 1.29 is 18.3 Å². The van der Waals surface area contributed by atoms with E-state index in [4.69, 9.17) is 0 Å². The Morgan fingerprint density at radius 2 is 1.93 bits per heavy atom. The number of thiol groups is 1. The van der Waals surface area contributed by atoms with Crippen molar-refractivity contribution in [3.8, 4) is 11.5 Å². The van der Waals surface area contributed by atoms with Crippen LogP contribution in [0.2, 0.25) is 0 Å². The Balaban J connectivity index is 2.15. The molecule has 0 saturated heterocycles. The maximum atomic E-state index is 12.7. The SMILES string of the molecule is FC1(F)Oc2ccc(CCCS)cc2O1. The van der Waals surface area contributed by atoms with E-state index in [-0.39, 0.29) is 11.5 Å². The van der Waals surface area contributed by atoms with E-state index in [0.29, 0.717) is 0 Å². The maximum absolute atomic E-state index is 12.7. The van der Waals surface area contributed by atoms with Crippen LogP contribution in [0.3, 0.4) is 0 Å². The monoisotopic (exact) mass is 232 g/mol. The second kappa shape index (κ2) is 3.89. The number of ether oxygens (including phenoxy) is 2. The van der Waals surface area contributed by atoms with Crippen LogP contribution in [0.4, 0.5) is 8.78 Å². The first-order valence-electron chi connectivity index (χ1n) is 4.60. The van der Waals surface area contributed by atoms with Crippen LogP contribution in [-0.4, -0.2) is 12.0 Å². The lowest BCUT2D eigenvalue weighted by molar-refractivity contribution is -0.286. The molecule has 0 atom stereocenters. The fraction of sp³-hybridized carbons (Fsp3) is 0.400. The average Bonchev–Trinajstić information content (AvgIpc) is 2.47. The third-order valence-electron chi connectivity index (χ3n) is 2.09. The molecule has 82 valence electrons. The summed E-state index contributed by atoms with van der Waals surface area (Å²) in [6.07, 6.45) is -1.82. The lowest BCUT2D eigenvalue weighted by Crippen LogP contribution is -2.25. The second-order valence-electron chi connectivity index (χ2n) is 3.28. The summed E-state index contributed by atoms with van der Waals surface area (Å²) < 4.78 is 34.0. The highest BCUT2D eigenvalue weighted by atomic mass is 32.1. The Morgan fingerprint density at radius 3 is 2.67 bits per heavy atom. The molecule has 0 fully saturated rings. The first-order chi connectivity index (χ1) is 7.11. The molecule has 0 aromatic heterocycles. The maximum Gasteiger partial charge on any atom is 0.586 e. The van der Waals surface area contributed by atoms with Crippen LogP contribution >= 0.6 is 12.6 Å². The van der Waals surface area contributed by atoms with Gasteiger partial charge in [0.1, 0.15) is 0 Å². The number of fused-ring (bicyclic) bond motifs is 1. The molecule has 0 saturated carbocycles. The van der Waals surface area contributed by atoms with Crippen molar-refractivity contribution in [3.05, 3.63) is 23.8 Å². The fourth-order valence-electron chi connectivity index (χ4n) is 1.43. The summed E-state index contributed by atoms with van der Waals surface area (Å²) in [5.74, 6) is 0.969. The molecule has 0 unspecified atom stereocenters. The van der Waals surface area contributed by atoms with Gasteiger partial charge in [-0.25, -0.2) is 0 Å². The number of aryl methyl sites for hydroxylation is 1. The van der Waals surface area contributed by atoms with Crippen molar-refractivity contribution in [2.24, 2.45) is 0 Å². The standard InChI is InChI=1S/C10H10F2O2S/c11-10(12)13-8-4-3-7(2-1-5-15)6-9(8)14-10/h3-4,6,15H,1-2,5H2. The topological polar surface area (TPSA) is 18.5 Å². The van der Waals surface area contributed by atoms with Gasteiger partial charge in [-0.15, -0.1) is 8.78 Å². The van der Waals surface area contributed by atoms with Gasteiger partial charge >= 0.3 is 6.29 Å². The Morgan fingerprint density at radius 1 is 1.20 bits per heavy atom. The molecule has 15 heavy (non-hydrogen) atoms. The van der Waals surface area contributed by atoms with Crippen LogP contribution in [-0.2, 0) is 6.42 Å². The molecule has 0 spiro atoms. The van der Waals surface area contributed by atoms with Crippen LogP contribution < -0.4 is 9.47 Å². The van der Waals surface area contributed by atoms with Gasteiger partial charge in [-0.1, -0.05) is 6.07 Å². The molecule has 0 radical (unpaired) electrons. The van der Waals surface area contributed by atoms with Crippen LogP contribution in [0, 0.1) is 0 Å². The zero-order valence-corrected chi connectivity index (χ0v) is 8.77. The molecular weight excluding hydrogens is 222 g/mol. The van der Waals surface area contributed by atoms with Gasteiger partial charge in [0.25, 0.3) is 0 Å². The van der Waals surface area contributed by atoms with Gasteiger partial charge in [0, 0.05) is 0 Å². The molecule has 2 rings (SSSR count). The lowest BCUT2D eigenvalue weighted by atomic mass is 10.1. The van der Waals surface area contributed by atoms with Gasteiger partial charge in [0.05, 0.1) is 0 Å². The Hall–Kier alpha value is -0.970. The molecule has 1 aromatic rings. The number of benzene rings is 1. The predicted octanol–water partition coefficient (Wildman–Crippen LogP) is 2.87. The molecule has 1 aliphatic heterocycles. The van der Waals surface area contributed by atoms with Gasteiger partial charge in [-0.2, -0.15) is 12.6 Å². The van der Waals surface area contributed by atoms with Crippen LogP contribution in [0.1, 0.15) is 12.0 Å². The van der Waals surface area contributed by atoms with E-state index in [9.17, 15) is 8.78 Å². The van der Waals surface area contributed by atoms with Gasteiger partial charge in [0.15, 0.2) is 11.5 Å². The van der Waals surface area contributed by atoms with E-state index in [1.807, 2.05) is 0 Å². The van der Waals surface area contributed by atoms with Crippen molar-refractivity contribution in [2.45, 2.75) is 19.1 Å². The Kier molecular flexibility index (Phi) is 2.73. The molecule has 0 amide bonds. The zero-order valence-electron chi connectivity index (χ0n) is 7.87. The predicted molar refractivity (Wildman–Crippen MR) is 54.8 cm³/mol. The fourth-order valence-corrected chi connectivity index (χ4v) is 1.59. The molecule has 0 bridgehead atoms. The van der Waals surface area contributed by atoms with E-state index in [1.165, 1.54) is 6.07 Å². The van der Waals surface area contributed by atoms with Gasteiger partial charge in [0.2, 0.25) is 0 Å². The summed E-state index contributed by atoms with van der Waals surface area (Å²) in [4.78, 5) is 0. The van der Waals surface area contributed by atoms with E-state index in [2.05, 4.69) is 22.1 Å². The Bertz CT molecular complexity index is 368. The van der Waals surface area contributed by atoms with E-state index in [0.717, 1.165) is 24.2 Å². The lowest BCUT2D eigenvalue weighted by Gasteiger charge is -2.04. The largest absolute Gasteiger partial charge is 0.586 e. The summed E-state index contributed by atoms with van der Waals surface area (Å²) >= 11 is 4.08. The molecule has 2 nitrogen and oxygen atoms in total. The number of hydrogen-bond donors (Lipinski definition) is 1. The Labute approximate surface area is 91.6 Å². The first kappa shape index (κ1) is 10.5. The van der Waals surface area contributed by atoms with E-state index in [1.54, 1.807) is 12.1 Å². The number of hydrogen-bond acceptors (Lipinski definition) is 3. The van der Waals surface area contributed by atoms with Gasteiger partial charge in [-0.05, 0) is 36.3 Å². The third-order valence-corrected chi connectivity index (χ3v) is 2.41. The second-order valence-corrected chi connectivity index (χ2v) is 3.72. The zero-order chi connectivity index (χ0) is 10.9. The van der Waals surface area contributed by atoms with Gasteiger partial charge in [-0.3, -0.25) is 0 Å². The van der Waals surface area contributed by atoms with Crippen molar-refractivity contribution in [1.29, 1.82) is 0 Å². The molecular formula is C10H10F2O2S. The number of rotatable bonds is 3. The normalized spacial score (nSPS) is 16.7. The molecule has 0 aliphatic carbocycles. The summed E-state index contributed by atoms with van der Waals surface area (Å²) in [6, 6.07) is 4.84. The highest BCUT2D eigenvalue weighted by molar-refractivity contribution is 7.80. The van der Waals surface area contributed by atoms with Crippen molar-refractivity contribution >= 4 is 12.6 Å². The van der Waals surface area contributed by atoms with Crippen molar-refractivity contribution in [1.82, 2.24) is 0 Å². The summed E-state index contributed by atoms with van der Waals surface area (Å²) in [7, 11) is 0.